The summed E-state index contributed by atoms with van der Waals surface area (Å²) in [4.78, 5) is 28.8. The van der Waals surface area contributed by atoms with Crippen molar-refractivity contribution in [3.8, 4) is 0 Å². The van der Waals surface area contributed by atoms with Gasteiger partial charge in [-0.3, -0.25) is 9.59 Å². The Morgan fingerprint density at radius 3 is 2.84 bits per heavy atom. The second kappa shape index (κ2) is 6.15. The Labute approximate surface area is 146 Å². The normalized spacial score (nSPS) is 27.7. The van der Waals surface area contributed by atoms with Gasteiger partial charge in [0.2, 0.25) is 0 Å². The molecule has 2 aliphatic rings. The molecule has 25 heavy (non-hydrogen) atoms. The summed E-state index contributed by atoms with van der Waals surface area (Å²) in [5, 5.41) is 4.56. The van der Waals surface area contributed by atoms with Crippen LogP contribution in [0.5, 0.6) is 0 Å². The molecule has 0 unspecified atom stereocenters. The number of benzene rings is 1. The highest BCUT2D eigenvalue weighted by Gasteiger charge is 2.44. The third-order valence-electron chi connectivity index (χ3n) is 5.68. The molecule has 130 valence electrons. The van der Waals surface area contributed by atoms with Gasteiger partial charge < -0.3 is 15.0 Å². The van der Waals surface area contributed by atoms with Crippen LogP contribution >= 0.6 is 0 Å². The lowest BCUT2D eigenvalue weighted by Crippen LogP contribution is -2.53. The largest absolute Gasteiger partial charge is 0.469 e. The number of ketones is 1. The summed E-state index contributed by atoms with van der Waals surface area (Å²) in [6, 6.07) is 7.92. The first-order valence-corrected chi connectivity index (χ1v) is 8.73. The molecule has 2 N–H and O–H groups in total. The molecule has 2 bridgehead atoms. The molecular formula is C20H22N2O3. The Hall–Kier alpha value is -2.40. The summed E-state index contributed by atoms with van der Waals surface area (Å²) >= 11 is 0. The number of rotatable bonds is 1. The second-order valence-corrected chi connectivity index (χ2v) is 6.86. The first-order chi connectivity index (χ1) is 12.1. The van der Waals surface area contributed by atoms with Gasteiger partial charge in [-0.2, -0.15) is 0 Å². The standard InChI is InChI=1S/C20H22N2O3/c1-3-11-10-21-16-8-14-12-6-4-5-7-15(12)22-19(14)17(23)9-13(11)18(16)20(24)25-2/h3-7,13,16,18,21-22H,8-10H2,1-2H3/b11-3+/t13-,16+,18-/m0/s1. The number of Topliss-reactive ketones (excluding diaryl/α,β-unsaturated/α-hetero) is 1. The van der Waals surface area contributed by atoms with Crippen molar-refractivity contribution in [3.05, 3.63) is 47.2 Å². The van der Waals surface area contributed by atoms with Crippen LogP contribution in [-0.4, -0.2) is 36.4 Å². The van der Waals surface area contributed by atoms with Gasteiger partial charge in [0.15, 0.2) is 5.78 Å². The molecule has 0 radical (unpaired) electrons. The van der Waals surface area contributed by atoms with E-state index in [-0.39, 0.29) is 29.6 Å². The molecular weight excluding hydrogens is 316 g/mol. The number of hydrogen-bond donors (Lipinski definition) is 2. The van der Waals surface area contributed by atoms with E-state index < -0.39 is 0 Å². The molecule has 4 rings (SSSR count). The fourth-order valence-corrected chi connectivity index (χ4v) is 4.43. The van der Waals surface area contributed by atoms with Crippen LogP contribution in [0.15, 0.2) is 35.9 Å². The van der Waals surface area contributed by atoms with Gasteiger partial charge in [-0.25, -0.2) is 0 Å². The smallest absolute Gasteiger partial charge is 0.310 e. The van der Waals surface area contributed by atoms with Crippen LogP contribution in [0.4, 0.5) is 0 Å². The van der Waals surface area contributed by atoms with E-state index in [9.17, 15) is 9.59 Å². The van der Waals surface area contributed by atoms with Crippen LogP contribution in [0.2, 0.25) is 0 Å². The summed E-state index contributed by atoms with van der Waals surface area (Å²) in [7, 11) is 1.42. The first-order valence-electron chi connectivity index (χ1n) is 8.73. The number of esters is 1. The maximum absolute atomic E-state index is 13.0. The molecule has 0 saturated carbocycles. The number of para-hydroxylation sites is 1. The SMILES string of the molecule is C/C=C1\CN[C@@H]2Cc3c([nH]c4ccccc34)C(=O)C[C@@H]1[C@@H]2C(=O)OC. The molecule has 2 heterocycles. The number of H-pyrrole nitrogens is 1. The van der Waals surface area contributed by atoms with E-state index >= 15 is 0 Å². The lowest BCUT2D eigenvalue weighted by molar-refractivity contribution is -0.148. The van der Waals surface area contributed by atoms with Gasteiger partial charge in [-0.05, 0) is 25.0 Å². The molecule has 1 fully saturated rings. The van der Waals surface area contributed by atoms with Crippen LogP contribution in [0.25, 0.3) is 10.9 Å². The number of hydrogen-bond acceptors (Lipinski definition) is 4. The van der Waals surface area contributed by atoms with E-state index in [0.717, 1.165) is 22.0 Å². The van der Waals surface area contributed by atoms with Crippen molar-refractivity contribution in [2.24, 2.45) is 11.8 Å². The number of fused-ring (bicyclic) bond motifs is 5. The van der Waals surface area contributed by atoms with E-state index in [1.807, 2.05) is 37.3 Å². The summed E-state index contributed by atoms with van der Waals surface area (Å²) < 4.78 is 5.08. The number of carbonyl (C=O) groups is 2. The van der Waals surface area contributed by atoms with E-state index in [1.54, 1.807) is 0 Å². The molecule has 0 spiro atoms. The van der Waals surface area contributed by atoms with Gasteiger partial charge in [0.25, 0.3) is 0 Å². The number of methoxy groups -OCH3 is 1. The van der Waals surface area contributed by atoms with Gasteiger partial charge in [-0.15, -0.1) is 0 Å². The Balaban J connectivity index is 1.87. The molecule has 5 heteroatoms. The monoisotopic (exact) mass is 338 g/mol. The zero-order chi connectivity index (χ0) is 17.6. The number of allylic oxidation sites excluding steroid dienone is 1. The average molecular weight is 338 g/mol. The van der Waals surface area contributed by atoms with Gasteiger partial charge >= 0.3 is 5.97 Å². The highest BCUT2D eigenvalue weighted by molar-refractivity contribution is 6.03. The molecule has 1 aromatic carbocycles. The van der Waals surface area contributed by atoms with Gasteiger partial charge in [0, 0.05) is 35.8 Å². The zero-order valence-electron chi connectivity index (χ0n) is 14.5. The van der Waals surface area contributed by atoms with E-state index in [4.69, 9.17) is 4.74 Å². The van der Waals surface area contributed by atoms with Crippen molar-refractivity contribution in [2.45, 2.75) is 25.8 Å². The maximum atomic E-state index is 13.0. The maximum Gasteiger partial charge on any atom is 0.310 e. The van der Waals surface area contributed by atoms with Crippen LogP contribution in [-0.2, 0) is 16.0 Å². The molecule has 5 nitrogen and oxygen atoms in total. The lowest BCUT2D eigenvalue weighted by atomic mass is 9.71. The minimum atomic E-state index is -0.337. The van der Waals surface area contributed by atoms with Crippen molar-refractivity contribution in [1.29, 1.82) is 0 Å². The zero-order valence-corrected chi connectivity index (χ0v) is 14.5. The van der Waals surface area contributed by atoms with E-state index in [2.05, 4.69) is 10.3 Å². The molecule has 1 saturated heterocycles. The van der Waals surface area contributed by atoms with Crippen molar-refractivity contribution in [1.82, 2.24) is 10.3 Å². The first kappa shape index (κ1) is 16.1. The summed E-state index contributed by atoms with van der Waals surface area (Å²) in [5.41, 5.74) is 3.78. The molecule has 1 aromatic heterocycles. The Morgan fingerprint density at radius 1 is 1.28 bits per heavy atom. The Morgan fingerprint density at radius 2 is 2.08 bits per heavy atom. The molecule has 1 aliphatic carbocycles. The molecule has 0 amide bonds. The van der Waals surface area contributed by atoms with E-state index in [1.165, 1.54) is 7.11 Å². The third kappa shape index (κ3) is 2.50. The average Bonchev–Trinajstić information content (AvgIpc) is 2.99. The molecule has 2 aromatic rings. The summed E-state index contributed by atoms with van der Waals surface area (Å²) in [6.07, 6.45) is 2.99. The summed E-state index contributed by atoms with van der Waals surface area (Å²) in [5.74, 6) is -0.603. The quantitative estimate of drug-likeness (QED) is 0.619. The number of ether oxygens (including phenoxy) is 1. The van der Waals surface area contributed by atoms with Crippen LogP contribution < -0.4 is 5.32 Å². The number of aromatic amines is 1. The van der Waals surface area contributed by atoms with Gasteiger partial charge in [0.1, 0.15) is 0 Å². The minimum absolute atomic E-state index is 0.0350. The van der Waals surface area contributed by atoms with Crippen molar-refractivity contribution >= 4 is 22.7 Å². The molecule has 1 aliphatic heterocycles. The highest BCUT2D eigenvalue weighted by atomic mass is 16.5. The van der Waals surface area contributed by atoms with Crippen molar-refractivity contribution in [3.63, 3.8) is 0 Å². The highest BCUT2D eigenvalue weighted by Crippen LogP contribution is 2.38. The Bertz CT molecular complexity index is 880. The number of piperidine rings is 1. The third-order valence-corrected chi connectivity index (χ3v) is 5.68. The van der Waals surface area contributed by atoms with Crippen molar-refractivity contribution < 1.29 is 14.3 Å². The lowest BCUT2D eigenvalue weighted by Gasteiger charge is -2.40. The topological polar surface area (TPSA) is 71.2 Å². The molecule has 3 atom stereocenters. The van der Waals surface area contributed by atoms with E-state index in [0.29, 0.717) is 25.1 Å². The number of nitrogens with one attached hydrogen (secondary N) is 2. The Kier molecular flexibility index (Phi) is 3.96. The minimum Gasteiger partial charge on any atom is -0.469 e. The number of carbonyl (C=O) groups excluding carboxylic acids is 2. The van der Waals surface area contributed by atoms with Gasteiger partial charge in [-0.1, -0.05) is 29.8 Å². The van der Waals surface area contributed by atoms with Gasteiger partial charge in [0.05, 0.1) is 18.7 Å². The van der Waals surface area contributed by atoms with Crippen LogP contribution in [0, 0.1) is 11.8 Å². The fourth-order valence-electron chi connectivity index (χ4n) is 4.43. The van der Waals surface area contributed by atoms with Crippen molar-refractivity contribution in [2.75, 3.05) is 13.7 Å². The summed E-state index contributed by atoms with van der Waals surface area (Å²) in [6.45, 7) is 2.67. The fraction of sp³-hybridized carbons (Fsp3) is 0.400. The van der Waals surface area contributed by atoms with Crippen LogP contribution in [0.3, 0.4) is 0 Å². The second-order valence-electron chi connectivity index (χ2n) is 6.86. The van der Waals surface area contributed by atoms with Crippen LogP contribution in [0.1, 0.15) is 29.4 Å². The predicted molar refractivity (Wildman–Crippen MR) is 95.5 cm³/mol. The predicted octanol–water partition coefficient (Wildman–Crippen LogP) is 2.62. The number of aromatic nitrogens is 1.